The first-order valence-electron chi connectivity index (χ1n) is 9.52. The largest absolute Gasteiger partial charge is 0.338 e. The predicted octanol–water partition coefficient (Wildman–Crippen LogP) is 5.73. The molecule has 2 aromatic carbocycles. The summed E-state index contributed by atoms with van der Waals surface area (Å²) in [6.07, 6.45) is 1.000. The third-order valence-electron chi connectivity index (χ3n) is 5.82. The second kappa shape index (κ2) is 6.85. The lowest BCUT2D eigenvalue weighted by atomic mass is 9.72. The highest BCUT2D eigenvalue weighted by Crippen LogP contribution is 2.49. The number of benzene rings is 2. The van der Waals surface area contributed by atoms with Crippen LogP contribution >= 0.6 is 11.6 Å². The molecule has 5 rings (SSSR count). The van der Waals surface area contributed by atoms with Crippen LogP contribution in [0.15, 0.2) is 64.3 Å². The summed E-state index contributed by atoms with van der Waals surface area (Å²) in [5, 5.41) is 7.98. The van der Waals surface area contributed by atoms with Crippen molar-refractivity contribution in [1.82, 2.24) is 5.16 Å². The molecule has 3 aromatic rings. The molecule has 1 aliphatic carbocycles. The molecule has 0 spiro atoms. The minimum absolute atomic E-state index is 0.0122. The van der Waals surface area contributed by atoms with Crippen molar-refractivity contribution < 1.29 is 13.7 Å². The van der Waals surface area contributed by atoms with Crippen molar-refractivity contribution in [2.75, 3.05) is 5.32 Å². The Morgan fingerprint density at radius 1 is 1.14 bits per heavy atom. The quantitative estimate of drug-likeness (QED) is 0.588. The van der Waals surface area contributed by atoms with Crippen molar-refractivity contribution in [2.45, 2.75) is 31.6 Å². The van der Waals surface area contributed by atoms with Crippen LogP contribution in [0.1, 0.15) is 47.1 Å². The van der Waals surface area contributed by atoms with Gasteiger partial charge in [-0.1, -0.05) is 47.1 Å². The van der Waals surface area contributed by atoms with Gasteiger partial charge in [0.2, 0.25) is 5.88 Å². The number of hydrogen-bond acceptors (Lipinski definition) is 4. The number of fused-ring (bicyclic) bond motifs is 1. The molecule has 1 aliphatic heterocycles. The van der Waals surface area contributed by atoms with Crippen molar-refractivity contribution in [3.05, 3.63) is 93.0 Å². The Kier molecular flexibility index (Phi) is 4.28. The number of carbonyl (C=O) groups excluding carboxylic acids is 1. The predicted molar refractivity (Wildman–Crippen MR) is 109 cm³/mol. The molecule has 1 N–H and O–H groups in total. The summed E-state index contributed by atoms with van der Waals surface area (Å²) in [5.74, 6) is -0.340. The van der Waals surface area contributed by atoms with Crippen LogP contribution in [0.4, 0.5) is 10.3 Å². The standard InChI is InChI=1S/C23H18ClFN2O2/c1-12-20-21(16-4-2-3-5-17(16)25)22-18(26-23(20)29-27-12)10-14(11-19(22)28)13-6-8-15(24)9-7-13/h2-9,14,21,26H,10-11H2,1H3. The van der Waals surface area contributed by atoms with Crippen LogP contribution in [0.25, 0.3) is 0 Å². The van der Waals surface area contributed by atoms with Crippen LogP contribution in [0.3, 0.4) is 0 Å². The Morgan fingerprint density at radius 2 is 1.90 bits per heavy atom. The van der Waals surface area contributed by atoms with Gasteiger partial charge in [0.1, 0.15) is 5.82 Å². The number of aryl methyl sites for hydroxylation is 1. The van der Waals surface area contributed by atoms with Gasteiger partial charge < -0.3 is 9.84 Å². The van der Waals surface area contributed by atoms with Crippen LogP contribution in [0.2, 0.25) is 5.02 Å². The highest BCUT2D eigenvalue weighted by molar-refractivity contribution is 6.30. The number of hydrogen-bond donors (Lipinski definition) is 1. The molecule has 2 aliphatic rings. The number of nitrogens with zero attached hydrogens (tertiary/aromatic N) is 1. The average molecular weight is 409 g/mol. The van der Waals surface area contributed by atoms with E-state index in [1.807, 2.05) is 31.2 Å². The maximum absolute atomic E-state index is 14.8. The van der Waals surface area contributed by atoms with E-state index in [0.29, 0.717) is 40.6 Å². The number of ketones is 1. The molecule has 2 unspecified atom stereocenters. The van der Waals surface area contributed by atoms with Gasteiger partial charge in [0, 0.05) is 34.2 Å². The van der Waals surface area contributed by atoms with Gasteiger partial charge in [-0.15, -0.1) is 0 Å². The van der Waals surface area contributed by atoms with Gasteiger partial charge in [0.25, 0.3) is 0 Å². The van der Waals surface area contributed by atoms with E-state index in [1.165, 1.54) is 6.07 Å². The molecule has 6 heteroatoms. The Bertz CT molecular complexity index is 1150. The normalized spacial score (nSPS) is 20.9. The highest BCUT2D eigenvalue weighted by Gasteiger charge is 2.41. The third kappa shape index (κ3) is 2.97. The van der Waals surface area contributed by atoms with Crippen molar-refractivity contribution in [3.8, 4) is 0 Å². The molecule has 0 saturated carbocycles. The SMILES string of the molecule is Cc1noc2c1C(c1ccccc1F)C1=C(CC(c3ccc(Cl)cc3)CC1=O)N2. The number of anilines is 1. The number of halogens is 2. The summed E-state index contributed by atoms with van der Waals surface area (Å²) in [4.78, 5) is 13.3. The maximum Gasteiger partial charge on any atom is 0.233 e. The van der Waals surface area contributed by atoms with E-state index in [-0.39, 0.29) is 17.5 Å². The topological polar surface area (TPSA) is 55.1 Å². The molecular formula is C23H18ClFN2O2. The lowest BCUT2D eigenvalue weighted by Gasteiger charge is -2.34. The smallest absolute Gasteiger partial charge is 0.233 e. The van der Waals surface area contributed by atoms with E-state index in [9.17, 15) is 9.18 Å². The zero-order valence-electron chi connectivity index (χ0n) is 15.7. The number of rotatable bonds is 2. The Hall–Kier alpha value is -2.92. The summed E-state index contributed by atoms with van der Waals surface area (Å²) in [6.45, 7) is 1.81. The third-order valence-corrected chi connectivity index (χ3v) is 6.07. The molecule has 146 valence electrons. The molecule has 1 aromatic heterocycles. The summed E-state index contributed by atoms with van der Waals surface area (Å²) >= 11 is 6.01. The molecule has 4 nitrogen and oxygen atoms in total. The molecule has 0 bridgehead atoms. The molecule has 0 saturated heterocycles. The van der Waals surface area contributed by atoms with E-state index in [2.05, 4.69) is 10.5 Å². The van der Waals surface area contributed by atoms with Gasteiger partial charge >= 0.3 is 0 Å². The molecule has 0 radical (unpaired) electrons. The molecule has 29 heavy (non-hydrogen) atoms. The fourth-order valence-electron chi connectivity index (χ4n) is 4.46. The minimum Gasteiger partial charge on any atom is -0.338 e. The zero-order valence-corrected chi connectivity index (χ0v) is 16.5. The summed E-state index contributed by atoms with van der Waals surface area (Å²) in [7, 11) is 0. The van der Waals surface area contributed by atoms with Gasteiger partial charge in [-0.2, -0.15) is 0 Å². The van der Waals surface area contributed by atoms with E-state index in [1.54, 1.807) is 18.2 Å². The lowest BCUT2D eigenvalue weighted by molar-refractivity contribution is -0.116. The Morgan fingerprint density at radius 3 is 2.66 bits per heavy atom. The summed E-state index contributed by atoms with van der Waals surface area (Å²) in [6, 6.07) is 14.1. The second-order valence-corrected chi connectivity index (χ2v) is 8.00. The first-order valence-corrected chi connectivity index (χ1v) is 9.90. The number of aromatic nitrogens is 1. The number of nitrogens with one attached hydrogen (secondary N) is 1. The number of Topliss-reactive ketones (excluding diaryl/α,β-unsaturated/α-hetero) is 1. The first kappa shape index (κ1) is 18.1. The fourth-order valence-corrected chi connectivity index (χ4v) is 4.59. The monoisotopic (exact) mass is 408 g/mol. The van der Waals surface area contributed by atoms with Crippen LogP contribution in [0, 0.1) is 12.7 Å². The van der Waals surface area contributed by atoms with Crippen LogP contribution in [-0.2, 0) is 4.79 Å². The first-order chi connectivity index (χ1) is 14.0. The molecule has 0 fully saturated rings. The van der Waals surface area contributed by atoms with E-state index in [0.717, 1.165) is 16.8 Å². The van der Waals surface area contributed by atoms with Crippen LogP contribution < -0.4 is 5.32 Å². The van der Waals surface area contributed by atoms with Crippen molar-refractivity contribution in [2.24, 2.45) is 0 Å². The lowest BCUT2D eigenvalue weighted by Crippen LogP contribution is -2.30. The molecular weight excluding hydrogens is 391 g/mol. The van der Waals surface area contributed by atoms with Crippen molar-refractivity contribution in [1.29, 1.82) is 0 Å². The fraction of sp³-hybridized carbons (Fsp3) is 0.217. The highest BCUT2D eigenvalue weighted by atomic mass is 35.5. The summed E-state index contributed by atoms with van der Waals surface area (Å²) in [5.41, 5.74) is 4.29. The minimum atomic E-state index is -0.521. The van der Waals surface area contributed by atoms with Gasteiger partial charge in [-0.05, 0) is 43.0 Å². The zero-order chi connectivity index (χ0) is 20.1. The van der Waals surface area contributed by atoms with Gasteiger partial charge in [-0.25, -0.2) is 4.39 Å². The molecule has 2 atom stereocenters. The van der Waals surface area contributed by atoms with E-state index >= 15 is 0 Å². The summed E-state index contributed by atoms with van der Waals surface area (Å²) < 4.78 is 20.2. The number of allylic oxidation sites excluding steroid dienone is 2. The molecule has 0 amide bonds. The Balaban J connectivity index is 1.63. The van der Waals surface area contributed by atoms with Gasteiger partial charge in [-0.3, -0.25) is 4.79 Å². The van der Waals surface area contributed by atoms with Crippen LogP contribution in [0.5, 0.6) is 0 Å². The second-order valence-electron chi connectivity index (χ2n) is 7.56. The molecule has 2 heterocycles. The number of carbonyl (C=O) groups is 1. The van der Waals surface area contributed by atoms with E-state index < -0.39 is 5.92 Å². The van der Waals surface area contributed by atoms with Crippen molar-refractivity contribution >= 4 is 23.3 Å². The van der Waals surface area contributed by atoms with Crippen molar-refractivity contribution in [3.63, 3.8) is 0 Å². The average Bonchev–Trinajstić information content (AvgIpc) is 3.08. The van der Waals surface area contributed by atoms with Gasteiger partial charge in [0.05, 0.1) is 11.3 Å². The van der Waals surface area contributed by atoms with Crippen LogP contribution in [-0.4, -0.2) is 10.9 Å². The van der Waals surface area contributed by atoms with Gasteiger partial charge in [0.15, 0.2) is 5.78 Å². The maximum atomic E-state index is 14.8. The Labute approximate surface area is 172 Å². The van der Waals surface area contributed by atoms with E-state index in [4.69, 9.17) is 16.1 Å².